The van der Waals surface area contributed by atoms with Crippen LogP contribution in [-0.4, -0.2) is 11.8 Å². The zero-order valence-corrected chi connectivity index (χ0v) is 18.6. The van der Waals surface area contributed by atoms with Crippen LogP contribution in [0.4, 0.5) is 5.69 Å². The van der Waals surface area contributed by atoms with Crippen molar-refractivity contribution in [3.63, 3.8) is 0 Å². The molecule has 1 aliphatic heterocycles. The Bertz CT molecular complexity index is 1180. The van der Waals surface area contributed by atoms with Gasteiger partial charge in [-0.25, -0.2) is 4.90 Å². The van der Waals surface area contributed by atoms with Crippen molar-refractivity contribution in [3.05, 3.63) is 98.4 Å². The third-order valence-electron chi connectivity index (χ3n) is 4.83. The van der Waals surface area contributed by atoms with E-state index in [-0.39, 0.29) is 11.8 Å². The Morgan fingerprint density at radius 3 is 2.07 bits per heavy atom. The van der Waals surface area contributed by atoms with Gasteiger partial charge < -0.3 is 0 Å². The minimum Gasteiger partial charge on any atom is -0.268 e. The van der Waals surface area contributed by atoms with Crippen LogP contribution in [0.15, 0.2) is 76.5 Å². The van der Waals surface area contributed by atoms with Gasteiger partial charge in [0.2, 0.25) is 0 Å². The Morgan fingerprint density at radius 2 is 1.40 bits per heavy atom. The van der Waals surface area contributed by atoms with Crippen LogP contribution in [0.25, 0.3) is 5.57 Å². The lowest BCUT2D eigenvalue weighted by molar-refractivity contribution is -0.119. The molecule has 0 N–H and O–H groups in total. The molecule has 150 valence electrons. The van der Waals surface area contributed by atoms with Crippen molar-refractivity contribution in [2.24, 2.45) is 0 Å². The lowest BCUT2D eigenvalue weighted by atomic mass is 10.0. The van der Waals surface area contributed by atoms with Crippen molar-refractivity contribution in [2.75, 3.05) is 4.90 Å². The van der Waals surface area contributed by atoms with Gasteiger partial charge in [0.25, 0.3) is 11.8 Å². The third kappa shape index (κ3) is 3.91. The van der Waals surface area contributed by atoms with Gasteiger partial charge >= 0.3 is 0 Å². The summed E-state index contributed by atoms with van der Waals surface area (Å²) < 4.78 is 0. The number of rotatable bonds is 4. The fraction of sp³-hybridized carbons (Fsp3) is 0.0833. The van der Waals surface area contributed by atoms with Gasteiger partial charge in [-0.1, -0.05) is 70.9 Å². The molecular formula is C24H17Cl2NO2S. The molecule has 0 radical (unpaired) electrons. The smallest absolute Gasteiger partial charge is 0.268 e. The van der Waals surface area contributed by atoms with Crippen LogP contribution < -0.4 is 4.90 Å². The van der Waals surface area contributed by atoms with E-state index in [1.165, 1.54) is 16.7 Å². The maximum Gasteiger partial charge on any atom is 0.272 e. The molecule has 0 spiro atoms. The normalized spacial score (nSPS) is 14.1. The van der Waals surface area contributed by atoms with Crippen molar-refractivity contribution in [1.29, 1.82) is 0 Å². The number of benzene rings is 3. The second-order valence-electron chi connectivity index (χ2n) is 7.00. The molecule has 3 aromatic rings. The quantitative estimate of drug-likeness (QED) is 0.413. The number of carbonyl (C=O) groups is 2. The third-order valence-corrected chi connectivity index (χ3v) is 6.41. The molecule has 6 heteroatoms. The molecule has 1 heterocycles. The standard InChI is InChI=1S/C24H17Cl2NO2S/c1-14-3-6-16(7-4-14)21-22(30-19-11-9-17(25)10-12-19)24(29)27(23(21)28)20-13-18(26)8-5-15(20)2/h3-13H,1-2H3. The van der Waals surface area contributed by atoms with Crippen LogP contribution >= 0.6 is 35.0 Å². The van der Waals surface area contributed by atoms with Gasteiger partial charge in [-0.2, -0.15) is 0 Å². The van der Waals surface area contributed by atoms with E-state index >= 15 is 0 Å². The van der Waals surface area contributed by atoms with Gasteiger partial charge in [0.1, 0.15) is 0 Å². The van der Waals surface area contributed by atoms with Crippen LogP contribution in [0.5, 0.6) is 0 Å². The second kappa shape index (κ2) is 8.31. The molecule has 0 saturated heterocycles. The number of hydrogen-bond acceptors (Lipinski definition) is 3. The van der Waals surface area contributed by atoms with Gasteiger partial charge in [0.05, 0.1) is 16.2 Å². The molecule has 0 unspecified atom stereocenters. The zero-order chi connectivity index (χ0) is 21.4. The van der Waals surface area contributed by atoms with Crippen LogP contribution in [0.2, 0.25) is 10.0 Å². The molecule has 0 aromatic heterocycles. The minimum atomic E-state index is -0.360. The average molecular weight is 454 g/mol. The van der Waals surface area contributed by atoms with Crippen molar-refractivity contribution in [3.8, 4) is 0 Å². The SMILES string of the molecule is Cc1ccc(C2=C(Sc3ccc(Cl)cc3)C(=O)N(c3cc(Cl)ccc3C)C2=O)cc1. The Balaban J connectivity index is 1.84. The summed E-state index contributed by atoms with van der Waals surface area (Å²) in [7, 11) is 0. The van der Waals surface area contributed by atoms with Crippen molar-refractivity contribution < 1.29 is 9.59 Å². The fourth-order valence-corrected chi connectivity index (χ4v) is 4.53. The Hall–Kier alpha value is -2.53. The number of amides is 2. The highest BCUT2D eigenvalue weighted by atomic mass is 35.5. The van der Waals surface area contributed by atoms with E-state index in [9.17, 15) is 9.59 Å². The molecule has 0 fully saturated rings. The first-order chi connectivity index (χ1) is 14.3. The lowest BCUT2D eigenvalue weighted by Gasteiger charge is -2.18. The van der Waals surface area contributed by atoms with E-state index in [0.29, 0.717) is 31.8 Å². The van der Waals surface area contributed by atoms with Gasteiger partial charge in [-0.3, -0.25) is 9.59 Å². The van der Waals surface area contributed by atoms with Gasteiger partial charge in [-0.05, 0) is 61.4 Å². The number of aryl methyl sites for hydroxylation is 2. The number of hydrogen-bond donors (Lipinski definition) is 0. The molecule has 0 atom stereocenters. The largest absolute Gasteiger partial charge is 0.272 e. The first-order valence-corrected chi connectivity index (χ1v) is 10.8. The maximum atomic E-state index is 13.5. The van der Waals surface area contributed by atoms with E-state index in [1.807, 2.05) is 50.2 Å². The summed E-state index contributed by atoms with van der Waals surface area (Å²) in [5, 5.41) is 1.07. The summed E-state index contributed by atoms with van der Waals surface area (Å²) in [4.78, 5) is 29.4. The van der Waals surface area contributed by atoms with Gasteiger partial charge in [0.15, 0.2) is 0 Å². The fourth-order valence-electron chi connectivity index (χ4n) is 3.24. The predicted octanol–water partition coefficient (Wildman–Crippen LogP) is 6.69. The van der Waals surface area contributed by atoms with Crippen LogP contribution in [0.1, 0.15) is 16.7 Å². The number of thioether (sulfide) groups is 1. The Morgan fingerprint density at radius 1 is 0.767 bits per heavy atom. The van der Waals surface area contributed by atoms with Crippen molar-refractivity contribution >= 4 is 58.0 Å². The summed E-state index contributed by atoms with van der Waals surface area (Å²) in [6.07, 6.45) is 0. The molecule has 0 saturated carbocycles. The number of imide groups is 1. The van der Waals surface area contributed by atoms with Gasteiger partial charge in [-0.15, -0.1) is 0 Å². The highest BCUT2D eigenvalue weighted by Crippen LogP contribution is 2.42. The summed E-state index contributed by atoms with van der Waals surface area (Å²) in [6, 6.07) is 20.0. The first-order valence-electron chi connectivity index (χ1n) is 9.25. The lowest BCUT2D eigenvalue weighted by Crippen LogP contribution is -2.31. The number of anilines is 1. The number of halogens is 2. The van der Waals surface area contributed by atoms with E-state index in [0.717, 1.165) is 16.0 Å². The molecule has 4 rings (SSSR count). The summed E-state index contributed by atoms with van der Waals surface area (Å²) in [5.74, 6) is -0.716. The van der Waals surface area contributed by atoms with Crippen LogP contribution in [-0.2, 0) is 9.59 Å². The molecular weight excluding hydrogens is 437 g/mol. The predicted molar refractivity (Wildman–Crippen MR) is 124 cm³/mol. The van der Waals surface area contributed by atoms with E-state index in [2.05, 4.69) is 0 Å². The maximum absolute atomic E-state index is 13.5. The molecule has 3 nitrogen and oxygen atoms in total. The Kier molecular flexibility index (Phi) is 5.74. The molecule has 1 aliphatic rings. The zero-order valence-electron chi connectivity index (χ0n) is 16.3. The van der Waals surface area contributed by atoms with Crippen molar-refractivity contribution in [2.45, 2.75) is 18.7 Å². The molecule has 3 aromatic carbocycles. The summed E-state index contributed by atoms with van der Waals surface area (Å²) in [5.41, 5.74) is 3.46. The second-order valence-corrected chi connectivity index (χ2v) is 8.96. The summed E-state index contributed by atoms with van der Waals surface area (Å²) >= 11 is 13.4. The number of nitrogens with zero attached hydrogens (tertiary/aromatic N) is 1. The molecule has 0 bridgehead atoms. The molecule has 0 aliphatic carbocycles. The van der Waals surface area contributed by atoms with Crippen LogP contribution in [0, 0.1) is 13.8 Å². The molecule has 30 heavy (non-hydrogen) atoms. The summed E-state index contributed by atoms with van der Waals surface area (Å²) in [6.45, 7) is 3.83. The van der Waals surface area contributed by atoms with Crippen LogP contribution in [0.3, 0.4) is 0 Å². The van der Waals surface area contributed by atoms with E-state index in [4.69, 9.17) is 23.2 Å². The minimum absolute atomic E-state index is 0.356. The highest BCUT2D eigenvalue weighted by Gasteiger charge is 2.41. The average Bonchev–Trinajstić information content (AvgIpc) is 2.96. The number of carbonyl (C=O) groups excluding carboxylic acids is 2. The van der Waals surface area contributed by atoms with Crippen molar-refractivity contribution in [1.82, 2.24) is 0 Å². The van der Waals surface area contributed by atoms with Gasteiger partial charge in [0, 0.05) is 14.9 Å². The first kappa shape index (κ1) is 20.7. The monoisotopic (exact) mass is 453 g/mol. The Labute approximate surface area is 189 Å². The van der Waals surface area contributed by atoms with E-state index < -0.39 is 0 Å². The topological polar surface area (TPSA) is 37.4 Å². The van der Waals surface area contributed by atoms with E-state index in [1.54, 1.807) is 30.3 Å². The highest BCUT2D eigenvalue weighted by molar-refractivity contribution is 8.04. The molecule has 2 amide bonds.